The van der Waals surface area contributed by atoms with Gasteiger partial charge < -0.3 is 20.1 Å². The lowest BCUT2D eigenvalue weighted by molar-refractivity contribution is -0.134. The van der Waals surface area contributed by atoms with Crippen molar-refractivity contribution >= 4 is 5.91 Å². The van der Waals surface area contributed by atoms with Gasteiger partial charge in [-0.2, -0.15) is 0 Å². The van der Waals surface area contributed by atoms with Crippen LogP contribution in [-0.2, 0) is 9.53 Å². The van der Waals surface area contributed by atoms with Crippen LogP contribution in [0.15, 0.2) is 0 Å². The summed E-state index contributed by atoms with van der Waals surface area (Å²) in [7, 11) is 1.57. The molecular weight excluding hydrogens is 196 g/mol. The zero-order valence-corrected chi connectivity index (χ0v) is 8.98. The fourth-order valence-electron chi connectivity index (χ4n) is 2.29. The Morgan fingerprint density at radius 1 is 1.53 bits per heavy atom. The number of aliphatic hydroxyl groups is 1. The summed E-state index contributed by atoms with van der Waals surface area (Å²) < 4.78 is 5.11. The summed E-state index contributed by atoms with van der Waals surface area (Å²) in [5.41, 5.74) is 0. The zero-order valence-electron chi connectivity index (χ0n) is 8.98. The number of carbonyl (C=O) groups excluding carboxylic acids is 1. The van der Waals surface area contributed by atoms with E-state index >= 15 is 0 Å². The highest BCUT2D eigenvalue weighted by Gasteiger charge is 2.37. The number of methoxy groups -OCH3 is 1. The van der Waals surface area contributed by atoms with Crippen molar-refractivity contribution in [2.45, 2.75) is 18.6 Å². The Morgan fingerprint density at radius 3 is 2.87 bits per heavy atom. The lowest BCUT2D eigenvalue weighted by Gasteiger charge is -2.19. The first-order valence-corrected chi connectivity index (χ1v) is 5.42. The predicted molar refractivity (Wildman–Crippen MR) is 54.4 cm³/mol. The highest BCUT2D eigenvalue weighted by Crippen LogP contribution is 2.18. The van der Waals surface area contributed by atoms with Crippen molar-refractivity contribution in [3.05, 3.63) is 0 Å². The number of β-amino-alcohol motifs (C(OH)–C–C–N with tert-alkyl or cyclic N) is 1. The number of hydrogen-bond acceptors (Lipinski definition) is 4. The zero-order chi connectivity index (χ0) is 10.8. The second-order valence-corrected chi connectivity index (χ2v) is 4.27. The summed E-state index contributed by atoms with van der Waals surface area (Å²) in [5.74, 6) is 0.242. The smallest absolute Gasteiger partial charge is 0.227 e. The fourth-order valence-corrected chi connectivity index (χ4v) is 2.29. The molecule has 3 atom stereocenters. The minimum atomic E-state index is -0.534. The predicted octanol–water partition coefficient (Wildman–Crippen LogP) is -1.19. The van der Waals surface area contributed by atoms with E-state index in [1.807, 2.05) is 0 Å². The maximum atomic E-state index is 12.0. The van der Waals surface area contributed by atoms with E-state index < -0.39 is 6.10 Å². The Labute approximate surface area is 89.4 Å². The molecule has 1 amide bonds. The first-order valence-electron chi connectivity index (χ1n) is 5.42. The molecule has 0 aromatic carbocycles. The lowest BCUT2D eigenvalue weighted by Crippen LogP contribution is -2.36. The molecule has 86 valence electrons. The molecule has 0 aromatic rings. The summed E-state index contributed by atoms with van der Waals surface area (Å²) in [6, 6.07) is 0. The van der Waals surface area contributed by atoms with Gasteiger partial charge in [-0.15, -0.1) is 0 Å². The number of rotatable bonds is 2. The second kappa shape index (κ2) is 4.47. The van der Waals surface area contributed by atoms with Crippen LogP contribution in [0.4, 0.5) is 0 Å². The van der Waals surface area contributed by atoms with Crippen molar-refractivity contribution < 1.29 is 14.6 Å². The Morgan fingerprint density at radius 2 is 2.33 bits per heavy atom. The van der Waals surface area contributed by atoms with E-state index in [0.29, 0.717) is 13.1 Å². The molecule has 0 bridgehead atoms. The Hall–Kier alpha value is -0.650. The molecule has 0 unspecified atom stereocenters. The summed E-state index contributed by atoms with van der Waals surface area (Å²) in [4.78, 5) is 13.7. The molecule has 2 rings (SSSR count). The fraction of sp³-hybridized carbons (Fsp3) is 0.900. The van der Waals surface area contributed by atoms with Crippen LogP contribution < -0.4 is 5.32 Å². The molecule has 15 heavy (non-hydrogen) atoms. The van der Waals surface area contributed by atoms with Crippen molar-refractivity contribution in [3.8, 4) is 0 Å². The molecule has 0 radical (unpaired) electrons. The van der Waals surface area contributed by atoms with E-state index in [9.17, 15) is 9.90 Å². The third-order valence-corrected chi connectivity index (χ3v) is 3.26. The molecular formula is C10H18N2O3. The number of hydrogen-bond donors (Lipinski definition) is 2. The molecule has 0 saturated carbocycles. The van der Waals surface area contributed by atoms with E-state index in [-0.39, 0.29) is 17.9 Å². The number of ether oxygens (including phenoxy) is 1. The van der Waals surface area contributed by atoms with Gasteiger partial charge in [-0.05, 0) is 13.0 Å². The first-order chi connectivity index (χ1) is 7.22. The van der Waals surface area contributed by atoms with E-state index in [0.717, 1.165) is 19.5 Å². The molecule has 2 N–H and O–H groups in total. The average molecular weight is 214 g/mol. The topological polar surface area (TPSA) is 61.8 Å². The molecule has 2 aliphatic heterocycles. The summed E-state index contributed by atoms with van der Waals surface area (Å²) in [6.45, 7) is 2.62. The van der Waals surface area contributed by atoms with Crippen LogP contribution in [-0.4, -0.2) is 61.4 Å². The summed E-state index contributed by atoms with van der Waals surface area (Å²) in [6.07, 6.45) is 0.153. The molecule has 2 aliphatic rings. The van der Waals surface area contributed by atoms with Gasteiger partial charge in [0.1, 0.15) is 6.10 Å². The van der Waals surface area contributed by atoms with Gasteiger partial charge in [0.15, 0.2) is 0 Å². The van der Waals surface area contributed by atoms with E-state index in [1.165, 1.54) is 0 Å². The van der Waals surface area contributed by atoms with Crippen LogP contribution in [0.2, 0.25) is 0 Å². The van der Waals surface area contributed by atoms with Gasteiger partial charge >= 0.3 is 0 Å². The maximum Gasteiger partial charge on any atom is 0.227 e. The van der Waals surface area contributed by atoms with E-state index in [1.54, 1.807) is 12.0 Å². The van der Waals surface area contributed by atoms with Gasteiger partial charge in [-0.1, -0.05) is 0 Å². The largest absolute Gasteiger partial charge is 0.388 e. The Kier molecular flexibility index (Phi) is 3.23. The van der Waals surface area contributed by atoms with Gasteiger partial charge in [-0.25, -0.2) is 0 Å². The van der Waals surface area contributed by atoms with Crippen LogP contribution in [0.3, 0.4) is 0 Å². The minimum Gasteiger partial charge on any atom is -0.388 e. The molecule has 0 aromatic heterocycles. The van der Waals surface area contributed by atoms with Crippen LogP contribution in [0.1, 0.15) is 6.42 Å². The molecule has 0 aliphatic carbocycles. The summed E-state index contributed by atoms with van der Waals surface area (Å²) in [5, 5.41) is 12.8. The third-order valence-electron chi connectivity index (χ3n) is 3.26. The van der Waals surface area contributed by atoms with Crippen molar-refractivity contribution in [1.29, 1.82) is 0 Å². The van der Waals surface area contributed by atoms with Crippen molar-refractivity contribution in [2.24, 2.45) is 5.92 Å². The van der Waals surface area contributed by atoms with Gasteiger partial charge in [0.2, 0.25) is 5.91 Å². The summed E-state index contributed by atoms with van der Waals surface area (Å²) >= 11 is 0. The van der Waals surface area contributed by atoms with Crippen molar-refractivity contribution in [2.75, 3.05) is 33.3 Å². The number of nitrogens with zero attached hydrogens (tertiary/aromatic N) is 1. The number of carbonyl (C=O) groups is 1. The number of amides is 1. The van der Waals surface area contributed by atoms with E-state index in [2.05, 4.69) is 5.32 Å². The number of likely N-dealkylation sites (tertiary alicyclic amines) is 1. The lowest BCUT2D eigenvalue weighted by atomic mass is 10.1. The molecule has 5 heteroatoms. The normalized spacial score (nSPS) is 36.1. The molecule has 5 nitrogen and oxygen atoms in total. The molecule has 2 heterocycles. The monoisotopic (exact) mass is 214 g/mol. The molecule has 2 fully saturated rings. The Balaban J connectivity index is 1.91. The highest BCUT2D eigenvalue weighted by atomic mass is 16.5. The van der Waals surface area contributed by atoms with Gasteiger partial charge in [0, 0.05) is 26.7 Å². The highest BCUT2D eigenvalue weighted by molar-refractivity contribution is 5.79. The van der Waals surface area contributed by atoms with Crippen molar-refractivity contribution in [1.82, 2.24) is 10.2 Å². The second-order valence-electron chi connectivity index (χ2n) is 4.27. The van der Waals surface area contributed by atoms with Crippen LogP contribution in [0.5, 0.6) is 0 Å². The van der Waals surface area contributed by atoms with Crippen LogP contribution in [0, 0.1) is 5.92 Å². The SMILES string of the molecule is CO[C@@H]1CN(C(=O)[C@H]2CCNC2)C[C@@H]1O. The number of aliphatic hydroxyl groups excluding tert-OH is 1. The standard InChI is InChI=1S/C10H18N2O3/c1-15-9-6-12(5-8(9)13)10(14)7-2-3-11-4-7/h7-9,11,13H,2-6H2,1H3/t7-,8-,9+/m0/s1. The van der Waals surface area contributed by atoms with Gasteiger partial charge in [0.25, 0.3) is 0 Å². The van der Waals surface area contributed by atoms with Gasteiger partial charge in [-0.3, -0.25) is 4.79 Å². The molecule has 0 spiro atoms. The van der Waals surface area contributed by atoms with Crippen molar-refractivity contribution in [3.63, 3.8) is 0 Å². The maximum absolute atomic E-state index is 12.0. The van der Waals surface area contributed by atoms with Crippen LogP contribution >= 0.6 is 0 Å². The van der Waals surface area contributed by atoms with E-state index in [4.69, 9.17) is 4.74 Å². The quantitative estimate of drug-likeness (QED) is 0.607. The third kappa shape index (κ3) is 2.14. The average Bonchev–Trinajstić information content (AvgIpc) is 2.85. The minimum absolute atomic E-state index is 0.0906. The number of nitrogens with one attached hydrogen (secondary N) is 1. The Bertz CT molecular complexity index is 241. The molecule has 2 saturated heterocycles. The first kappa shape index (κ1) is 10.9. The van der Waals surface area contributed by atoms with Gasteiger partial charge in [0.05, 0.1) is 12.0 Å². The van der Waals surface area contributed by atoms with Crippen LogP contribution in [0.25, 0.3) is 0 Å².